The fourth-order valence-electron chi connectivity index (χ4n) is 10.5. The number of hydrogen-bond donors (Lipinski definition) is 3. The van der Waals surface area contributed by atoms with Gasteiger partial charge in [0.15, 0.2) is 5.78 Å². The molecule has 6 aromatic rings. The average Bonchev–Trinajstić information content (AvgIpc) is 4.08. The Bertz CT molecular complexity index is 3010. The second-order valence-corrected chi connectivity index (χ2v) is 19.9. The number of aliphatic hydroxyl groups is 1. The van der Waals surface area contributed by atoms with Crippen molar-refractivity contribution < 1.29 is 72.1 Å². The smallest absolute Gasteiger partial charge is 0.394 e. The number of aromatic amines is 2. The Labute approximate surface area is 432 Å². The van der Waals surface area contributed by atoms with Crippen molar-refractivity contribution in [3.63, 3.8) is 0 Å². The lowest BCUT2D eigenvalue weighted by Crippen LogP contribution is -2.51. The van der Waals surface area contributed by atoms with E-state index in [9.17, 15) is 72.2 Å². The average molecular weight is 1100 g/mol. The molecule has 0 aliphatic heterocycles. The largest absolute Gasteiger partial charge is 0.416 e. The van der Waals surface area contributed by atoms with E-state index in [4.69, 9.17) is 9.47 Å². The molecule has 2 saturated carbocycles. The standard InChI is InChI=1S/C27H27F6N3O3.C26H27F6N3O3/c1-17(19-12-21(26(28,29)30)14-22(13-19)27(31,32)33)39-15-24(20-6-4-3-5-7-20)8-10-25(11-9-24,18(2)37)36-16-34-35-23(36)38;1-17(18-11-20(25(27,28)29)13-21(12-18)26(30,31)32)38-15-23(19-5-3-2-4-6-19)7-9-24(14-36,10-8-23)35-16-33-34-22(35)37/h3-7,12-14,16-17H,8-11,15H2,1-2H3,(H,35,38);2-6,11-13,16-17,36H,7-10,14-15H2,1H3,(H,34,37)/t17-,24?,25?;17-,23?,24?/m11/s1. The van der Waals surface area contributed by atoms with Crippen molar-refractivity contribution in [2.45, 2.75) is 131 Å². The van der Waals surface area contributed by atoms with Gasteiger partial charge in [0.25, 0.3) is 0 Å². The maximum Gasteiger partial charge on any atom is 0.416 e. The van der Waals surface area contributed by atoms with Crippen LogP contribution in [0.2, 0.25) is 0 Å². The topological polar surface area (TPSA) is 157 Å². The fourth-order valence-corrected chi connectivity index (χ4v) is 10.5. The zero-order valence-corrected chi connectivity index (χ0v) is 41.6. The van der Waals surface area contributed by atoms with E-state index in [1.165, 1.54) is 42.6 Å². The molecule has 2 aromatic heterocycles. The number of rotatable bonds is 14. The van der Waals surface area contributed by atoms with E-state index in [2.05, 4.69) is 20.4 Å². The molecule has 2 aliphatic rings. The van der Waals surface area contributed by atoms with Crippen LogP contribution in [0.15, 0.2) is 119 Å². The maximum atomic E-state index is 13.4. The number of aromatic nitrogens is 6. The van der Waals surface area contributed by atoms with Gasteiger partial charge in [0.1, 0.15) is 18.2 Å². The van der Waals surface area contributed by atoms with Gasteiger partial charge in [-0.25, -0.2) is 19.8 Å². The second-order valence-electron chi connectivity index (χ2n) is 19.9. The third-order valence-electron chi connectivity index (χ3n) is 15.3. The van der Waals surface area contributed by atoms with Crippen molar-refractivity contribution >= 4 is 5.78 Å². The number of aliphatic hydroxyl groups excluding tert-OH is 1. The molecule has 8 rings (SSSR count). The van der Waals surface area contributed by atoms with Crippen LogP contribution in [0.4, 0.5) is 52.7 Å². The molecular weight excluding hydrogens is 1040 g/mol. The summed E-state index contributed by atoms with van der Waals surface area (Å²) in [5, 5.41) is 22.4. The Morgan fingerprint density at radius 3 is 1.19 bits per heavy atom. The number of nitrogens with one attached hydrogen (secondary N) is 2. The number of alkyl halides is 12. The van der Waals surface area contributed by atoms with Gasteiger partial charge in [-0.3, -0.25) is 13.9 Å². The summed E-state index contributed by atoms with van der Waals surface area (Å²) in [6.45, 7) is 3.91. The minimum absolute atomic E-state index is 0.0115. The van der Waals surface area contributed by atoms with Crippen LogP contribution in [0.5, 0.6) is 0 Å². The molecule has 4 aromatic carbocycles. The van der Waals surface area contributed by atoms with Crippen LogP contribution < -0.4 is 11.4 Å². The van der Waals surface area contributed by atoms with E-state index >= 15 is 0 Å². The maximum absolute atomic E-state index is 13.4. The van der Waals surface area contributed by atoms with Crippen LogP contribution in [-0.2, 0) is 60.9 Å². The molecule has 2 atom stereocenters. The Morgan fingerprint density at radius 2 is 0.896 bits per heavy atom. The summed E-state index contributed by atoms with van der Waals surface area (Å²) < 4.78 is 175. The van der Waals surface area contributed by atoms with E-state index in [1.54, 1.807) is 0 Å². The van der Waals surface area contributed by atoms with Gasteiger partial charge >= 0.3 is 36.1 Å². The zero-order valence-electron chi connectivity index (χ0n) is 41.6. The molecule has 2 aliphatic carbocycles. The number of ketones is 1. The van der Waals surface area contributed by atoms with E-state index in [-0.39, 0.29) is 61.7 Å². The first kappa shape index (κ1) is 58.2. The van der Waals surface area contributed by atoms with Gasteiger partial charge in [0, 0.05) is 10.8 Å². The number of carbonyl (C=O) groups excluding carboxylic acids is 1. The number of halogens is 12. The first-order chi connectivity index (χ1) is 36.0. The molecular formula is C53H54F12N6O6. The monoisotopic (exact) mass is 1100 g/mol. The van der Waals surface area contributed by atoms with Crippen LogP contribution in [0.1, 0.15) is 129 Å². The highest BCUT2D eigenvalue weighted by Gasteiger charge is 2.50. The number of carbonyl (C=O) groups is 1. The third kappa shape index (κ3) is 12.6. The zero-order chi connectivity index (χ0) is 56.4. The first-order valence-electron chi connectivity index (χ1n) is 24.3. The Morgan fingerprint density at radius 1 is 0.558 bits per heavy atom. The molecule has 77 heavy (non-hydrogen) atoms. The number of benzene rings is 4. The molecule has 0 saturated heterocycles. The number of nitrogens with zero attached hydrogens (tertiary/aromatic N) is 4. The molecule has 0 bridgehead atoms. The minimum Gasteiger partial charge on any atom is -0.394 e. The van der Waals surface area contributed by atoms with Crippen molar-refractivity contribution in [3.8, 4) is 0 Å². The highest BCUT2D eigenvalue weighted by atomic mass is 19.4. The minimum atomic E-state index is -4.97. The highest BCUT2D eigenvalue weighted by molar-refractivity contribution is 5.84. The van der Waals surface area contributed by atoms with Crippen molar-refractivity contribution in [1.29, 1.82) is 0 Å². The lowest BCUT2D eigenvalue weighted by atomic mass is 9.63. The quantitative estimate of drug-likeness (QED) is 0.0910. The number of Topliss-reactive ketones (excluding diaryl/α,β-unsaturated/α-hetero) is 1. The van der Waals surface area contributed by atoms with Gasteiger partial charge in [-0.2, -0.15) is 62.9 Å². The van der Waals surface area contributed by atoms with E-state index in [0.29, 0.717) is 62.8 Å². The summed E-state index contributed by atoms with van der Waals surface area (Å²) in [5.41, 5.74) is -8.69. The van der Waals surface area contributed by atoms with Gasteiger partial charge in [0.05, 0.1) is 59.8 Å². The lowest BCUT2D eigenvalue weighted by Gasteiger charge is -2.46. The summed E-state index contributed by atoms with van der Waals surface area (Å²) in [4.78, 5) is 37.3. The van der Waals surface area contributed by atoms with Gasteiger partial charge in [-0.15, -0.1) is 0 Å². The van der Waals surface area contributed by atoms with Crippen LogP contribution >= 0.6 is 0 Å². The molecule has 0 amide bonds. The molecule has 0 spiro atoms. The van der Waals surface area contributed by atoms with Gasteiger partial charge < -0.3 is 14.6 Å². The van der Waals surface area contributed by atoms with E-state index in [1.807, 2.05) is 60.7 Å². The molecule has 2 heterocycles. The molecule has 416 valence electrons. The predicted molar refractivity (Wildman–Crippen MR) is 254 cm³/mol. The van der Waals surface area contributed by atoms with E-state index in [0.717, 1.165) is 11.1 Å². The number of H-pyrrole nitrogens is 2. The van der Waals surface area contributed by atoms with Gasteiger partial charge in [0.2, 0.25) is 0 Å². The van der Waals surface area contributed by atoms with Gasteiger partial charge in [-0.1, -0.05) is 60.7 Å². The number of hydrogen-bond acceptors (Lipinski definition) is 8. The van der Waals surface area contributed by atoms with Crippen molar-refractivity contribution in [2.24, 2.45) is 0 Å². The van der Waals surface area contributed by atoms with Crippen LogP contribution in [0.3, 0.4) is 0 Å². The summed E-state index contributed by atoms with van der Waals surface area (Å²) in [6.07, 6.45) is -16.5. The van der Waals surface area contributed by atoms with Crippen LogP contribution in [-0.4, -0.2) is 60.2 Å². The summed E-state index contributed by atoms with van der Waals surface area (Å²) in [6, 6.07) is 21.3. The van der Waals surface area contributed by atoms with Crippen molar-refractivity contribution in [3.05, 3.63) is 175 Å². The Balaban J connectivity index is 0.000000224. The van der Waals surface area contributed by atoms with Crippen molar-refractivity contribution in [1.82, 2.24) is 29.5 Å². The molecule has 3 N–H and O–H groups in total. The highest BCUT2D eigenvalue weighted by Crippen LogP contribution is 2.49. The normalized spacial score (nSPS) is 23.2. The predicted octanol–water partition coefficient (Wildman–Crippen LogP) is 11.8. The SMILES string of the molecule is CC(=O)C1(n2cn[nH]c2=O)CCC(CO[C@H](C)c2cc(C(F)(F)F)cc(C(F)(F)F)c2)(c2ccccc2)CC1.C[C@@H](OCC1(c2ccccc2)CCC(CO)(n2cn[nH]c2=O)CC1)c1cc(C(F)(F)F)cc(C(F)(F)F)c1. The number of ether oxygens (including phenoxy) is 2. The van der Waals surface area contributed by atoms with Gasteiger partial charge in [-0.05, 0) is 131 Å². The summed E-state index contributed by atoms with van der Waals surface area (Å²) in [7, 11) is 0. The summed E-state index contributed by atoms with van der Waals surface area (Å²) in [5.74, 6) is -0.217. The Hall–Kier alpha value is -6.53. The molecule has 0 radical (unpaired) electrons. The van der Waals surface area contributed by atoms with Crippen LogP contribution in [0.25, 0.3) is 0 Å². The third-order valence-corrected chi connectivity index (χ3v) is 15.3. The Kier molecular flexibility index (Phi) is 16.7. The van der Waals surface area contributed by atoms with Crippen LogP contribution in [0, 0.1) is 0 Å². The molecule has 0 unspecified atom stereocenters. The molecule has 12 nitrogen and oxygen atoms in total. The molecule has 2 fully saturated rings. The first-order valence-corrected chi connectivity index (χ1v) is 24.3. The lowest BCUT2D eigenvalue weighted by molar-refractivity contribution is -0.145. The second kappa shape index (κ2) is 22.1. The molecule has 24 heteroatoms. The van der Waals surface area contributed by atoms with Crippen molar-refractivity contribution in [2.75, 3.05) is 19.8 Å². The summed E-state index contributed by atoms with van der Waals surface area (Å²) >= 11 is 0. The fraction of sp³-hybridized carbons (Fsp3) is 0.453. The van der Waals surface area contributed by atoms with E-state index < -0.39 is 92.5 Å².